The number of amides is 1. The summed E-state index contributed by atoms with van der Waals surface area (Å²) in [5, 5.41) is 10.1. The third-order valence-electron chi connectivity index (χ3n) is 6.44. The number of carbonyl (C=O) groups excluding carboxylic acids is 1. The van der Waals surface area contributed by atoms with Crippen LogP contribution in [0.4, 0.5) is 23.0 Å². The fraction of sp³-hybridized carbons (Fsp3) is 0.214. The Labute approximate surface area is 220 Å². The molecule has 0 bridgehead atoms. The van der Waals surface area contributed by atoms with Gasteiger partial charge in [0, 0.05) is 61.3 Å². The van der Waals surface area contributed by atoms with Crippen LogP contribution < -0.4 is 31.1 Å². The van der Waals surface area contributed by atoms with Gasteiger partial charge in [-0.1, -0.05) is 12.6 Å². The monoisotopic (exact) mass is 511 g/mol. The van der Waals surface area contributed by atoms with E-state index in [0.29, 0.717) is 34.4 Å². The van der Waals surface area contributed by atoms with Crippen molar-refractivity contribution in [2.75, 3.05) is 48.8 Å². The van der Waals surface area contributed by atoms with E-state index in [-0.39, 0.29) is 11.5 Å². The fourth-order valence-corrected chi connectivity index (χ4v) is 4.50. The Bertz CT molecular complexity index is 1580. The molecule has 3 N–H and O–H groups in total. The highest BCUT2D eigenvalue weighted by Crippen LogP contribution is 2.32. The average molecular weight is 512 g/mol. The van der Waals surface area contributed by atoms with Crippen molar-refractivity contribution in [2.24, 2.45) is 0 Å². The third kappa shape index (κ3) is 5.07. The Morgan fingerprint density at radius 1 is 1.13 bits per heavy atom. The van der Waals surface area contributed by atoms with Gasteiger partial charge in [-0.25, -0.2) is 4.98 Å². The molecule has 0 atom stereocenters. The molecule has 5 rings (SSSR count). The topological polar surface area (TPSA) is 113 Å². The van der Waals surface area contributed by atoms with Crippen molar-refractivity contribution in [3.8, 4) is 11.4 Å². The van der Waals surface area contributed by atoms with Crippen molar-refractivity contribution >= 4 is 40.0 Å². The predicted molar refractivity (Wildman–Crippen MR) is 150 cm³/mol. The van der Waals surface area contributed by atoms with Crippen molar-refractivity contribution in [3.05, 3.63) is 83.3 Å². The zero-order chi connectivity index (χ0) is 26.6. The molecule has 1 saturated heterocycles. The van der Waals surface area contributed by atoms with Crippen molar-refractivity contribution in [1.82, 2.24) is 19.9 Å². The van der Waals surface area contributed by atoms with E-state index in [4.69, 9.17) is 9.72 Å². The molecule has 0 unspecified atom stereocenters. The number of benzene rings is 2. The molecule has 1 aliphatic heterocycles. The Balaban J connectivity index is 1.53. The van der Waals surface area contributed by atoms with Crippen LogP contribution >= 0.6 is 0 Å². The summed E-state index contributed by atoms with van der Waals surface area (Å²) in [7, 11) is 1.63. The molecular formula is C28H29N7O3. The van der Waals surface area contributed by atoms with Crippen molar-refractivity contribution in [1.29, 1.82) is 0 Å². The first kappa shape index (κ1) is 25.0. The number of ether oxygens (including phenoxy) is 1. The molecule has 2 aromatic heterocycles. The maximum absolute atomic E-state index is 13.2. The first-order valence-electron chi connectivity index (χ1n) is 12.3. The van der Waals surface area contributed by atoms with Crippen molar-refractivity contribution < 1.29 is 9.53 Å². The summed E-state index contributed by atoms with van der Waals surface area (Å²) in [5.41, 5.74) is 3.85. The van der Waals surface area contributed by atoms with Gasteiger partial charge in [-0.3, -0.25) is 14.2 Å². The van der Waals surface area contributed by atoms with E-state index in [1.54, 1.807) is 43.6 Å². The van der Waals surface area contributed by atoms with E-state index in [1.165, 1.54) is 10.6 Å². The van der Waals surface area contributed by atoms with Crippen LogP contribution in [0.3, 0.4) is 0 Å². The van der Waals surface area contributed by atoms with Gasteiger partial charge in [0.05, 0.1) is 18.5 Å². The van der Waals surface area contributed by atoms with Crippen molar-refractivity contribution in [2.45, 2.75) is 6.92 Å². The second-order valence-electron chi connectivity index (χ2n) is 8.92. The van der Waals surface area contributed by atoms with Gasteiger partial charge in [-0.2, -0.15) is 4.98 Å². The number of methoxy groups -OCH3 is 1. The molecule has 10 nitrogen and oxygen atoms in total. The average Bonchev–Trinajstić information content (AvgIpc) is 2.93. The van der Waals surface area contributed by atoms with Gasteiger partial charge in [-0.05, 0) is 48.9 Å². The number of anilines is 4. The lowest BCUT2D eigenvalue weighted by atomic mass is 10.2. The van der Waals surface area contributed by atoms with Gasteiger partial charge in [0.2, 0.25) is 11.9 Å². The molecule has 1 amide bonds. The number of aryl methyl sites for hydroxylation is 1. The minimum atomic E-state index is -0.339. The highest BCUT2D eigenvalue weighted by Gasteiger charge is 2.16. The van der Waals surface area contributed by atoms with E-state index < -0.39 is 0 Å². The Hall–Kier alpha value is -4.70. The van der Waals surface area contributed by atoms with Crippen LogP contribution in [0, 0.1) is 6.92 Å². The number of fused-ring (bicyclic) bond motifs is 1. The van der Waals surface area contributed by atoms with E-state index in [9.17, 15) is 9.59 Å². The summed E-state index contributed by atoms with van der Waals surface area (Å²) < 4.78 is 7.17. The molecule has 1 aliphatic rings. The van der Waals surface area contributed by atoms with Crippen LogP contribution in [0.5, 0.6) is 5.75 Å². The van der Waals surface area contributed by atoms with E-state index in [0.717, 1.165) is 42.8 Å². The van der Waals surface area contributed by atoms with E-state index in [1.807, 2.05) is 25.1 Å². The summed E-state index contributed by atoms with van der Waals surface area (Å²) in [6, 6.07) is 14.5. The number of rotatable bonds is 7. The van der Waals surface area contributed by atoms with Gasteiger partial charge in [0.1, 0.15) is 5.75 Å². The Kier molecular flexibility index (Phi) is 7.05. The standard InChI is InChI=1S/C28H29N7O3/c1-4-25(36)31-19-6-5-7-21(15-19)35-26(37)14-18(2)22-17-30-28(33-27(22)35)32-23-9-8-20(16-24(23)38-3)34-12-10-29-11-13-34/h4-9,14-17,29H,1,10-13H2,2-3H3,(H,31,36)(H,30,32,33). The minimum absolute atomic E-state index is 0.246. The van der Waals surface area contributed by atoms with Gasteiger partial charge < -0.3 is 25.6 Å². The summed E-state index contributed by atoms with van der Waals surface area (Å²) in [4.78, 5) is 36.5. The molecule has 0 aliphatic carbocycles. The van der Waals surface area contributed by atoms with E-state index >= 15 is 0 Å². The van der Waals surface area contributed by atoms with Crippen molar-refractivity contribution in [3.63, 3.8) is 0 Å². The number of aromatic nitrogens is 3. The summed E-state index contributed by atoms with van der Waals surface area (Å²) in [5.74, 6) is 0.645. The molecule has 2 aromatic carbocycles. The molecule has 1 fully saturated rings. The van der Waals surface area contributed by atoms with Gasteiger partial charge in [0.15, 0.2) is 5.65 Å². The Morgan fingerprint density at radius 3 is 2.71 bits per heavy atom. The first-order chi connectivity index (χ1) is 18.5. The van der Waals surface area contributed by atoms with Crippen LogP contribution in [0.2, 0.25) is 0 Å². The van der Waals surface area contributed by atoms with Crippen LogP contribution in [-0.4, -0.2) is 53.7 Å². The van der Waals surface area contributed by atoms with E-state index in [2.05, 4.69) is 32.4 Å². The normalized spacial score (nSPS) is 13.3. The van der Waals surface area contributed by atoms with Gasteiger partial charge in [-0.15, -0.1) is 0 Å². The SMILES string of the molecule is C=CC(=O)Nc1cccc(-n2c(=O)cc(C)c3cnc(Nc4ccc(N5CCNCC5)cc4OC)nc32)c1. The zero-order valence-electron chi connectivity index (χ0n) is 21.3. The smallest absolute Gasteiger partial charge is 0.257 e. The predicted octanol–water partition coefficient (Wildman–Crippen LogP) is 3.38. The number of piperazine rings is 1. The number of pyridine rings is 1. The minimum Gasteiger partial charge on any atom is -0.494 e. The maximum Gasteiger partial charge on any atom is 0.257 e. The second kappa shape index (κ2) is 10.7. The lowest BCUT2D eigenvalue weighted by molar-refractivity contribution is -0.111. The number of carbonyl (C=O) groups is 1. The molecule has 0 spiro atoms. The molecule has 3 heterocycles. The highest BCUT2D eigenvalue weighted by atomic mass is 16.5. The molecule has 194 valence electrons. The number of hydrogen-bond donors (Lipinski definition) is 3. The number of hydrogen-bond acceptors (Lipinski definition) is 8. The molecule has 10 heteroatoms. The quantitative estimate of drug-likeness (QED) is 0.324. The lowest BCUT2D eigenvalue weighted by Gasteiger charge is -2.30. The molecular weight excluding hydrogens is 482 g/mol. The highest BCUT2D eigenvalue weighted by molar-refractivity contribution is 5.99. The summed E-state index contributed by atoms with van der Waals surface area (Å²) in [6.07, 6.45) is 2.89. The molecule has 38 heavy (non-hydrogen) atoms. The maximum atomic E-state index is 13.2. The second-order valence-corrected chi connectivity index (χ2v) is 8.92. The van der Waals surface area contributed by atoms with Crippen LogP contribution in [0.25, 0.3) is 16.7 Å². The first-order valence-corrected chi connectivity index (χ1v) is 12.3. The number of nitrogens with zero attached hydrogens (tertiary/aromatic N) is 4. The summed E-state index contributed by atoms with van der Waals surface area (Å²) >= 11 is 0. The number of nitrogens with one attached hydrogen (secondary N) is 3. The summed E-state index contributed by atoms with van der Waals surface area (Å²) in [6.45, 7) is 9.08. The van der Waals surface area contributed by atoms with Crippen LogP contribution in [-0.2, 0) is 4.79 Å². The van der Waals surface area contributed by atoms with Crippen LogP contribution in [0.1, 0.15) is 5.56 Å². The van der Waals surface area contributed by atoms with Gasteiger partial charge in [0.25, 0.3) is 5.56 Å². The molecule has 4 aromatic rings. The van der Waals surface area contributed by atoms with Crippen LogP contribution in [0.15, 0.2) is 72.2 Å². The third-order valence-corrected chi connectivity index (χ3v) is 6.44. The zero-order valence-corrected chi connectivity index (χ0v) is 21.3. The lowest BCUT2D eigenvalue weighted by Crippen LogP contribution is -2.43. The molecule has 0 saturated carbocycles. The largest absolute Gasteiger partial charge is 0.494 e. The molecule has 0 radical (unpaired) electrons. The Morgan fingerprint density at radius 2 is 1.95 bits per heavy atom. The fourth-order valence-electron chi connectivity index (χ4n) is 4.50. The van der Waals surface area contributed by atoms with Gasteiger partial charge >= 0.3 is 0 Å².